The van der Waals surface area contributed by atoms with E-state index in [2.05, 4.69) is 22.2 Å². The van der Waals surface area contributed by atoms with Crippen LogP contribution in [0.1, 0.15) is 16.3 Å². The molecule has 0 unspecified atom stereocenters. The van der Waals surface area contributed by atoms with Crippen molar-refractivity contribution in [1.29, 1.82) is 0 Å². The third kappa shape index (κ3) is 4.38. The van der Waals surface area contributed by atoms with Crippen molar-refractivity contribution in [2.24, 2.45) is 0 Å². The molecule has 0 amide bonds. The topological polar surface area (TPSA) is 42.4 Å². The Morgan fingerprint density at radius 3 is 2.73 bits per heavy atom. The molecule has 0 aliphatic carbocycles. The number of benzene rings is 1. The van der Waals surface area contributed by atoms with E-state index in [9.17, 15) is 4.21 Å². The fraction of sp³-hybridized carbons (Fsp3) is 0.438. The monoisotopic (exact) mass is 336 g/mol. The maximum absolute atomic E-state index is 11.4. The molecule has 118 valence electrons. The molecule has 0 saturated carbocycles. The lowest BCUT2D eigenvalue weighted by Crippen LogP contribution is -2.37. The second-order valence-corrected chi connectivity index (χ2v) is 8.10. The van der Waals surface area contributed by atoms with Crippen LogP contribution in [0.3, 0.4) is 0 Å². The second-order valence-electron chi connectivity index (χ2n) is 5.46. The number of aryl methyl sites for hydroxylation is 1. The zero-order valence-corrected chi connectivity index (χ0v) is 14.3. The molecule has 0 atom stereocenters. The maximum Gasteiger partial charge on any atom is 0.140 e. The summed E-state index contributed by atoms with van der Waals surface area (Å²) in [6.07, 6.45) is 0. The maximum atomic E-state index is 11.4. The molecule has 2 aromatic rings. The van der Waals surface area contributed by atoms with Crippen LogP contribution >= 0.6 is 11.3 Å². The van der Waals surface area contributed by atoms with Gasteiger partial charge in [-0.15, -0.1) is 11.3 Å². The van der Waals surface area contributed by atoms with Gasteiger partial charge in [-0.2, -0.15) is 0 Å². The average molecular weight is 336 g/mol. The van der Waals surface area contributed by atoms with Crippen LogP contribution in [0.5, 0.6) is 5.75 Å². The summed E-state index contributed by atoms with van der Waals surface area (Å²) in [5.74, 6) is 2.45. The van der Waals surface area contributed by atoms with Gasteiger partial charge in [-0.05, 0) is 19.1 Å². The van der Waals surface area contributed by atoms with Crippen molar-refractivity contribution in [1.82, 2.24) is 9.88 Å². The molecule has 1 saturated heterocycles. The Morgan fingerprint density at radius 2 is 2.00 bits per heavy atom. The number of ether oxygens (including phenoxy) is 1. The van der Waals surface area contributed by atoms with Gasteiger partial charge in [0, 0.05) is 47.3 Å². The Balaban J connectivity index is 1.50. The van der Waals surface area contributed by atoms with Gasteiger partial charge in [-0.25, -0.2) is 4.98 Å². The van der Waals surface area contributed by atoms with Crippen molar-refractivity contribution in [2.45, 2.75) is 20.1 Å². The number of nitrogens with zero attached hydrogens (tertiary/aromatic N) is 2. The van der Waals surface area contributed by atoms with Crippen molar-refractivity contribution in [3.63, 3.8) is 0 Å². The molecule has 22 heavy (non-hydrogen) atoms. The quantitative estimate of drug-likeness (QED) is 0.842. The average Bonchev–Trinajstić information content (AvgIpc) is 2.97. The first kappa shape index (κ1) is 15.6. The van der Waals surface area contributed by atoms with Crippen LogP contribution in [0.2, 0.25) is 0 Å². The van der Waals surface area contributed by atoms with Gasteiger partial charge in [0.25, 0.3) is 0 Å². The summed E-state index contributed by atoms with van der Waals surface area (Å²) < 4.78 is 17.1. The summed E-state index contributed by atoms with van der Waals surface area (Å²) in [6, 6.07) is 8.06. The molecule has 0 bridgehead atoms. The van der Waals surface area contributed by atoms with E-state index in [4.69, 9.17) is 4.74 Å². The number of hydrogen-bond acceptors (Lipinski definition) is 5. The first-order valence-electron chi connectivity index (χ1n) is 7.39. The van der Waals surface area contributed by atoms with Crippen molar-refractivity contribution < 1.29 is 8.95 Å². The third-order valence-electron chi connectivity index (χ3n) is 3.64. The second kappa shape index (κ2) is 7.35. The summed E-state index contributed by atoms with van der Waals surface area (Å²) >= 11 is 1.64. The lowest BCUT2D eigenvalue weighted by Gasteiger charge is -2.25. The molecule has 1 aliphatic rings. The lowest BCUT2D eigenvalue weighted by molar-refractivity contribution is 0.285. The van der Waals surface area contributed by atoms with Crippen LogP contribution in [-0.4, -0.2) is 38.7 Å². The number of hydrogen-bond donors (Lipinski definition) is 0. The van der Waals surface area contributed by atoms with Gasteiger partial charge in [0.2, 0.25) is 0 Å². The van der Waals surface area contributed by atoms with E-state index in [0.29, 0.717) is 6.61 Å². The van der Waals surface area contributed by atoms with Crippen molar-refractivity contribution >= 4 is 22.1 Å². The SMILES string of the molecule is Cc1ccc(OCc2nc(CN3CCS(=O)CC3)cs2)cc1. The molecule has 1 aromatic heterocycles. The minimum Gasteiger partial charge on any atom is -0.486 e. The number of thiazole rings is 1. The summed E-state index contributed by atoms with van der Waals surface area (Å²) in [7, 11) is -0.619. The van der Waals surface area contributed by atoms with Gasteiger partial charge in [-0.1, -0.05) is 17.7 Å². The Bertz CT molecular complexity index is 630. The zero-order valence-electron chi connectivity index (χ0n) is 12.7. The number of rotatable bonds is 5. The van der Waals surface area contributed by atoms with Crippen LogP contribution < -0.4 is 4.74 Å². The van der Waals surface area contributed by atoms with Gasteiger partial charge in [0.15, 0.2) is 0 Å². The highest BCUT2D eigenvalue weighted by Gasteiger charge is 2.16. The molecule has 1 aliphatic heterocycles. The Hall–Kier alpha value is -1.24. The van der Waals surface area contributed by atoms with Crippen LogP contribution in [0.4, 0.5) is 0 Å². The van der Waals surface area contributed by atoms with Crippen molar-refractivity contribution in [3.05, 3.63) is 45.9 Å². The van der Waals surface area contributed by atoms with Gasteiger partial charge in [0.1, 0.15) is 17.4 Å². The standard InChI is InChI=1S/C16H20N2O2S2/c1-13-2-4-15(5-3-13)20-11-16-17-14(12-21-16)10-18-6-8-22(19)9-7-18/h2-5,12H,6-11H2,1H3. The van der Waals surface area contributed by atoms with E-state index < -0.39 is 10.8 Å². The van der Waals surface area contributed by atoms with E-state index >= 15 is 0 Å². The summed E-state index contributed by atoms with van der Waals surface area (Å²) in [4.78, 5) is 6.95. The molecular weight excluding hydrogens is 316 g/mol. The fourth-order valence-electron chi connectivity index (χ4n) is 2.33. The summed E-state index contributed by atoms with van der Waals surface area (Å²) in [5.41, 5.74) is 2.31. The van der Waals surface area contributed by atoms with Gasteiger partial charge in [-0.3, -0.25) is 9.11 Å². The Labute approximate surface area is 137 Å². The summed E-state index contributed by atoms with van der Waals surface area (Å²) in [6.45, 7) is 5.22. The normalized spacial score (nSPS) is 16.8. The minimum atomic E-state index is -0.619. The van der Waals surface area contributed by atoms with E-state index in [0.717, 1.165) is 47.6 Å². The highest BCUT2D eigenvalue weighted by atomic mass is 32.2. The highest BCUT2D eigenvalue weighted by molar-refractivity contribution is 7.85. The molecule has 1 fully saturated rings. The largest absolute Gasteiger partial charge is 0.486 e. The first-order valence-corrected chi connectivity index (χ1v) is 9.76. The molecule has 2 heterocycles. The van der Waals surface area contributed by atoms with E-state index in [1.807, 2.05) is 24.3 Å². The fourth-order valence-corrected chi connectivity index (χ4v) is 4.15. The zero-order chi connectivity index (χ0) is 15.4. The van der Waals surface area contributed by atoms with Crippen LogP contribution in [-0.2, 0) is 24.0 Å². The highest BCUT2D eigenvalue weighted by Crippen LogP contribution is 2.17. The molecular formula is C16H20N2O2S2. The molecule has 6 heteroatoms. The molecule has 3 rings (SSSR count). The molecule has 0 radical (unpaired) electrons. The molecule has 0 N–H and O–H groups in total. The van der Waals surface area contributed by atoms with Gasteiger partial charge >= 0.3 is 0 Å². The minimum absolute atomic E-state index is 0.512. The molecule has 0 spiro atoms. The smallest absolute Gasteiger partial charge is 0.140 e. The van der Waals surface area contributed by atoms with Crippen LogP contribution in [0.25, 0.3) is 0 Å². The summed E-state index contributed by atoms with van der Waals surface area (Å²) in [5, 5.41) is 3.09. The van der Waals surface area contributed by atoms with E-state index in [-0.39, 0.29) is 0 Å². The third-order valence-corrected chi connectivity index (χ3v) is 5.79. The van der Waals surface area contributed by atoms with E-state index in [1.165, 1.54) is 5.56 Å². The van der Waals surface area contributed by atoms with E-state index in [1.54, 1.807) is 11.3 Å². The van der Waals surface area contributed by atoms with Gasteiger partial charge < -0.3 is 4.74 Å². The predicted octanol–water partition coefficient (Wildman–Crippen LogP) is 2.59. The number of aromatic nitrogens is 1. The lowest BCUT2D eigenvalue weighted by atomic mass is 10.2. The Morgan fingerprint density at radius 1 is 1.27 bits per heavy atom. The van der Waals surface area contributed by atoms with Crippen molar-refractivity contribution in [2.75, 3.05) is 24.6 Å². The molecule has 1 aromatic carbocycles. The van der Waals surface area contributed by atoms with Crippen LogP contribution in [0.15, 0.2) is 29.6 Å². The van der Waals surface area contributed by atoms with Crippen LogP contribution in [0, 0.1) is 6.92 Å². The van der Waals surface area contributed by atoms with Crippen molar-refractivity contribution in [3.8, 4) is 5.75 Å². The van der Waals surface area contributed by atoms with Gasteiger partial charge in [0.05, 0.1) is 5.69 Å². The molecule has 4 nitrogen and oxygen atoms in total. The predicted molar refractivity (Wildman–Crippen MR) is 90.8 cm³/mol. The first-order chi connectivity index (χ1) is 10.7. The Kier molecular flexibility index (Phi) is 5.23.